The molecule has 386 valence electrons. The first-order valence-corrected chi connectivity index (χ1v) is 25.9. The van der Waals surface area contributed by atoms with Gasteiger partial charge in [0, 0.05) is 30.7 Å². The normalized spacial score (nSPS) is 14.8. The molecule has 1 aliphatic rings. The van der Waals surface area contributed by atoms with Crippen molar-refractivity contribution in [1.29, 1.82) is 0 Å². The number of aromatic nitrogens is 6. The van der Waals surface area contributed by atoms with Gasteiger partial charge < -0.3 is 44.4 Å². The molecular formula is C50H58N10O11S2. The molecule has 0 radical (unpaired) electrons. The van der Waals surface area contributed by atoms with Gasteiger partial charge in [-0.05, 0) is 111 Å². The van der Waals surface area contributed by atoms with E-state index in [2.05, 4.69) is 25.0 Å². The van der Waals surface area contributed by atoms with Gasteiger partial charge in [-0.2, -0.15) is 13.8 Å². The molecule has 2 aromatic heterocycles. The number of hydrogen-bond acceptors (Lipinski definition) is 15. The second-order valence-electron chi connectivity index (χ2n) is 19.0. The van der Waals surface area contributed by atoms with Crippen molar-refractivity contribution in [3.63, 3.8) is 0 Å². The number of benzene rings is 5. The molecule has 1 amide bonds. The Morgan fingerprint density at radius 3 is 1.88 bits per heavy atom. The summed E-state index contributed by atoms with van der Waals surface area (Å²) < 4.78 is 96.5. The lowest BCUT2D eigenvalue weighted by molar-refractivity contribution is -0.270. The number of nitrogen functional groups attached to an aromatic ring is 1. The first-order chi connectivity index (χ1) is 34.5. The molecular weight excluding hydrogens is 981 g/mol. The van der Waals surface area contributed by atoms with E-state index in [9.17, 15) is 9.90 Å². The number of imidazole rings is 1. The summed E-state index contributed by atoms with van der Waals surface area (Å²) in [6.45, 7) is 6.63. The fourth-order valence-electron chi connectivity index (χ4n) is 8.40. The maximum Gasteiger partial charge on any atom is 0.407 e. The average Bonchev–Trinajstić information content (AvgIpc) is 3.99. The van der Waals surface area contributed by atoms with Crippen LogP contribution in [0.4, 0.5) is 10.7 Å². The highest BCUT2D eigenvalue weighted by atomic mass is 32.2. The number of amides is 1. The molecule has 0 spiro atoms. The third-order valence-corrected chi connectivity index (χ3v) is 15.9. The third kappa shape index (κ3) is 11.4. The summed E-state index contributed by atoms with van der Waals surface area (Å²) in [5, 5.41) is 24.1. The van der Waals surface area contributed by atoms with Crippen molar-refractivity contribution in [1.82, 2.24) is 44.1 Å². The van der Waals surface area contributed by atoms with Gasteiger partial charge in [-0.15, -0.1) is 10.2 Å². The van der Waals surface area contributed by atoms with Crippen molar-refractivity contribution in [3.05, 3.63) is 120 Å². The molecule has 0 atom stereocenters. The maximum absolute atomic E-state index is 16.4. The van der Waals surface area contributed by atoms with Crippen LogP contribution in [0.3, 0.4) is 0 Å². The van der Waals surface area contributed by atoms with E-state index < -0.39 is 59.3 Å². The quantitative estimate of drug-likeness (QED) is 0.0713. The summed E-state index contributed by atoms with van der Waals surface area (Å²) in [6.07, 6.45) is -1.34. The summed E-state index contributed by atoms with van der Waals surface area (Å²) in [7, 11) is -5.63. The van der Waals surface area contributed by atoms with E-state index in [1.807, 2.05) is 12.1 Å². The fourth-order valence-corrected chi connectivity index (χ4v) is 12.2. The number of ether oxygens (including phenoxy) is 5. The maximum atomic E-state index is 16.4. The molecule has 1 aliphatic heterocycles. The van der Waals surface area contributed by atoms with Crippen molar-refractivity contribution in [2.45, 2.75) is 80.9 Å². The number of tetrazole rings is 1. The standard InChI is InChI=1S/C50H58N10O11S2/c1-48(2,3)59(47(61)62)29-50(30-70-49(4,5)71-31-50)56-72(63,64)41-25-24-38(39-10-9-11-40-43(39)53-46(51)52-40)42(45-54-57-60(55-45)28-34-16-22-37(69-8)23-17-34)44(41)73(65,66)58(26-32-12-18-35(67-6)19-13-32)27-33-14-20-36(68-7)21-15-33/h9-25,56H,26-31H2,1-8H3,(H,61,62)(H3,51,52,53). The van der Waals surface area contributed by atoms with Gasteiger partial charge in [0.15, 0.2) is 11.7 Å². The number of nitrogens with one attached hydrogen (secondary N) is 2. The number of H-pyrrole nitrogens is 1. The molecule has 5 N–H and O–H groups in total. The zero-order valence-corrected chi connectivity index (χ0v) is 43.2. The second-order valence-corrected chi connectivity index (χ2v) is 22.5. The largest absolute Gasteiger partial charge is 0.497 e. The number of nitrogens with two attached hydrogens (primary N) is 1. The Bertz CT molecular complexity index is 3280. The molecule has 0 bridgehead atoms. The van der Waals surface area contributed by atoms with Crippen LogP contribution in [0, 0.1) is 0 Å². The molecule has 7 aromatic rings. The molecule has 8 rings (SSSR count). The van der Waals surface area contributed by atoms with E-state index in [0.29, 0.717) is 45.0 Å². The highest BCUT2D eigenvalue weighted by molar-refractivity contribution is 7.92. The van der Waals surface area contributed by atoms with Crippen LogP contribution in [-0.2, 0) is 49.2 Å². The van der Waals surface area contributed by atoms with E-state index in [1.54, 1.807) is 121 Å². The van der Waals surface area contributed by atoms with E-state index in [1.165, 1.54) is 31.1 Å². The van der Waals surface area contributed by atoms with Crippen LogP contribution in [-0.4, -0.2) is 125 Å². The number of anilines is 1. The zero-order valence-electron chi connectivity index (χ0n) is 41.6. The Morgan fingerprint density at radius 2 is 1.36 bits per heavy atom. The topological polar surface area (TPSA) is 269 Å². The van der Waals surface area contributed by atoms with Crippen molar-refractivity contribution >= 4 is 43.1 Å². The van der Waals surface area contributed by atoms with Crippen molar-refractivity contribution in [2.75, 3.05) is 46.8 Å². The molecule has 1 saturated heterocycles. The Hall–Kier alpha value is -7.15. The average molecular weight is 1040 g/mol. The summed E-state index contributed by atoms with van der Waals surface area (Å²) in [5.41, 5.74) is 6.31. The van der Waals surface area contributed by atoms with E-state index >= 15 is 16.8 Å². The number of sulfonamides is 2. The minimum atomic E-state index is -5.10. The van der Waals surface area contributed by atoms with Crippen LogP contribution < -0.4 is 24.7 Å². The second kappa shape index (κ2) is 20.4. The van der Waals surface area contributed by atoms with Crippen LogP contribution in [0.25, 0.3) is 33.5 Å². The number of methoxy groups -OCH3 is 3. The summed E-state index contributed by atoms with van der Waals surface area (Å²) >= 11 is 0. The van der Waals surface area contributed by atoms with Crippen LogP contribution in [0.1, 0.15) is 51.3 Å². The van der Waals surface area contributed by atoms with E-state index in [4.69, 9.17) is 34.5 Å². The molecule has 0 unspecified atom stereocenters. The Morgan fingerprint density at radius 1 is 0.808 bits per heavy atom. The van der Waals surface area contributed by atoms with Gasteiger partial charge in [0.2, 0.25) is 25.9 Å². The van der Waals surface area contributed by atoms with Gasteiger partial charge in [0.25, 0.3) is 0 Å². The number of fused-ring (bicyclic) bond motifs is 1. The van der Waals surface area contributed by atoms with Gasteiger partial charge in [-0.25, -0.2) is 26.6 Å². The van der Waals surface area contributed by atoms with E-state index in [-0.39, 0.29) is 55.7 Å². The zero-order chi connectivity index (χ0) is 52.5. The van der Waals surface area contributed by atoms with Crippen LogP contribution in [0.5, 0.6) is 17.2 Å². The highest BCUT2D eigenvalue weighted by Gasteiger charge is 2.48. The number of para-hydroxylation sites is 1. The van der Waals surface area contributed by atoms with Crippen molar-refractivity contribution in [3.8, 4) is 39.8 Å². The monoisotopic (exact) mass is 1040 g/mol. The molecule has 5 aromatic carbocycles. The first kappa shape index (κ1) is 52.2. The smallest absolute Gasteiger partial charge is 0.407 e. The van der Waals surface area contributed by atoms with Crippen LogP contribution in [0.15, 0.2) is 113 Å². The molecule has 0 aliphatic carbocycles. The highest BCUT2D eigenvalue weighted by Crippen LogP contribution is 2.44. The summed E-state index contributed by atoms with van der Waals surface area (Å²) in [6, 6.07) is 28.5. The SMILES string of the molecule is COc1ccc(CN(Cc2ccc(OC)cc2)S(=O)(=O)c2c(S(=O)(=O)NC3(CN(C(=O)O)C(C)(C)C)COC(C)(C)OC3)ccc(-c3cccc4[nH]c(N)nc34)c2-c2nnn(Cc3ccc(OC)cc3)n2)cc1. The Kier molecular flexibility index (Phi) is 14.6. The molecule has 73 heavy (non-hydrogen) atoms. The number of aromatic amines is 1. The molecule has 1 fully saturated rings. The Balaban J connectivity index is 1.41. The molecule has 23 heteroatoms. The number of nitrogens with zero attached hydrogens (tertiary/aromatic N) is 7. The number of carboxylic acid groups (broad SMARTS) is 1. The molecule has 21 nitrogen and oxygen atoms in total. The lowest BCUT2D eigenvalue weighted by Gasteiger charge is -2.47. The fraction of sp³-hybridized carbons (Fsp3) is 0.340. The number of carbonyl (C=O) groups is 1. The lowest BCUT2D eigenvalue weighted by atomic mass is 9.97. The number of rotatable bonds is 18. The van der Waals surface area contributed by atoms with Gasteiger partial charge in [-0.1, -0.05) is 54.6 Å². The predicted molar refractivity (Wildman–Crippen MR) is 271 cm³/mol. The Labute approximate surface area is 423 Å². The first-order valence-electron chi connectivity index (χ1n) is 22.9. The van der Waals surface area contributed by atoms with Gasteiger partial charge >= 0.3 is 6.09 Å². The lowest BCUT2D eigenvalue weighted by Crippen LogP contribution is -2.67. The minimum Gasteiger partial charge on any atom is -0.497 e. The van der Waals surface area contributed by atoms with Gasteiger partial charge in [0.05, 0.1) is 63.2 Å². The molecule has 3 heterocycles. The predicted octanol–water partition coefficient (Wildman–Crippen LogP) is 6.51. The summed E-state index contributed by atoms with van der Waals surface area (Å²) in [4.78, 5) is 21.4. The van der Waals surface area contributed by atoms with Gasteiger partial charge in [0.1, 0.15) is 27.0 Å². The van der Waals surface area contributed by atoms with Crippen LogP contribution in [0.2, 0.25) is 0 Å². The molecule has 0 saturated carbocycles. The van der Waals surface area contributed by atoms with Crippen molar-refractivity contribution < 1.29 is 50.4 Å². The third-order valence-electron chi connectivity index (χ3n) is 12.3. The number of hydrogen-bond donors (Lipinski definition) is 4. The summed E-state index contributed by atoms with van der Waals surface area (Å²) in [5.74, 6) is 0.317. The van der Waals surface area contributed by atoms with Crippen molar-refractivity contribution in [2.24, 2.45) is 0 Å². The van der Waals surface area contributed by atoms with E-state index in [0.717, 1.165) is 14.8 Å². The minimum absolute atomic E-state index is 0.0741. The van der Waals surface area contributed by atoms with Gasteiger partial charge in [-0.3, -0.25) is 0 Å². The van der Waals surface area contributed by atoms with Crippen LogP contribution >= 0.6 is 0 Å².